The van der Waals surface area contributed by atoms with Crippen LogP contribution in [0.5, 0.6) is 23.0 Å². The van der Waals surface area contributed by atoms with Crippen molar-refractivity contribution in [2.24, 2.45) is 0 Å². The summed E-state index contributed by atoms with van der Waals surface area (Å²) in [6.45, 7) is 16.3. The second-order valence-electron chi connectivity index (χ2n) is 13.2. The summed E-state index contributed by atoms with van der Waals surface area (Å²) in [7, 11) is 3.32. The van der Waals surface area contributed by atoms with E-state index < -0.39 is 0 Å². The summed E-state index contributed by atoms with van der Waals surface area (Å²) in [4.78, 5) is 24.8. The quantitative estimate of drug-likeness (QED) is 0.184. The van der Waals surface area contributed by atoms with Crippen LogP contribution in [-0.2, 0) is 20.4 Å². The molecular weight excluding hydrogens is 761 g/mol. The molecule has 0 radical (unpaired) electrons. The van der Waals surface area contributed by atoms with Crippen molar-refractivity contribution in [3.63, 3.8) is 0 Å². The first-order chi connectivity index (χ1) is 30.0. The van der Waals surface area contributed by atoms with E-state index in [4.69, 9.17) is 18.9 Å². The molecule has 1 aliphatic heterocycles. The summed E-state index contributed by atoms with van der Waals surface area (Å²) in [6, 6.07) is 35.3. The Labute approximate surface area is 366 Å². The second kappa shape index (κ2) is 28.4. The fourth-order valence-corrected chi connectivity index (χ4v) is 6.22. The van der Waals surface area contributed by atoms with Gasteiger partial charge in [0.25, 0.3) is 0 Å². The van der Waals surface area contributed by atoms with E-state index >= 15 is 0 Å². The van der Waals surface area contributed by atoms with Gasteiger partial charge in [0.15, 0.2) is 11.5 Å². The lowest BCUT2D eigenvalue weighted by Gasteiger charge is -2.16. The van der Waals surface area contributed by atoms with Crippen LogP contribution in [0.2, 0.25) is 0 Å². The summed E-state index contributed by atoms with van der Waals surface area (Å²) in [6.07, 6.45) is 17.3. The van der Waals surface area contributed by atoms with Gasteiger partial charge < -0.3 is 29.6 Å². The molecule has 4 aliphatic carbocycles. The molecule has 2 fully saturated rings. The number of carbonyl (C=O) groups excluding carboxylic acids is 2. The summed E-state index contributed by atoms with van der Waals surface area (Å²) in [5.74, 6) is 3.56. The molecule has 0 bridgehead atoms. The Kier molecular flexibility index (Phi) is 23.8. The third-order valence-electron chi connectivity index (χ3n) is 9.67. The predicted octanol–water partition coefficient (Wildman–Crippen LogP) is 12.6. The molecule has 1 heterocycles. The maximum Gasteiger partial charge on any atom is 0.234 e. The second-order valence-corrected chi connectivity index (χ2v) is 13.2. The number of allylic oxidation sites excluding steroid dienone is 6. The molecule has 0 atom stereocenters. The van der Waals surface area contributed by atoms with Crippen LogP contribution >= 0.6 is 0 Å². The van der Waals surface area contributed by atoms with E-state index in [1.54, 1.807) is 14.2 Å². The summed E-state index contributed by atoms with van der Waals surface area (Å²) in [5.41, 5.74) is 3.50. The van der Waals surface area contributed by atoms with E-state index in [2.05, 4.69) is 16.7 Å². The van der Waals surface area contributed by atoms with Gasteiger partial charge in [-0.15, -0.1) is 0 Å². The number of fused-ring (bicyclic) bond motifs is 1. The SMILES string of the molecule is CC.CC.CC.CC.COc1ccccc1.COc1ccccc1.O=C(NC1=CC=CC1)C1(c2ccc3c(c2)OCO3)CC1.O=C(NC1=CC=CC1)C1(c2ccccc2)CC1. The average molecular weight is 831 g/mol. The van der Waals surface area contributed by atoms with Crippen molar-refractivity contribution in [2.45, 2.75) is 105 Å². The maximum absolute atomic E-state index is 12.5. The van der Waals surface area contributed by atoms with Crippen LogP contribution in [0, 0.1) is 0 Å². The van der Waals surface area contributed by atoms with E-state index in [9.17, 15) is 9.59 Å². The minimum Gasteiger partial charge on any atom is -0.497 e. The summed E-state index contributed by atoms with van der Waals surface area (Å²) < 4.78 is 20.5. The molecule has 9 rings (SSSR count). The van der Waals surface area contributed by atoms with Crippen LogP contribution in [-0.4, -0.2) is 32.8 Å². The van der Waals surface area contributed by atoms with Crippen molar-refractivity contribution in [1.82, 2.24) is 10.6 Å². The molecule has 4 aromatic carbocycles. The van der Waals surface area contributed by atoms with Crippen molar-refractivity contribution >= 4 is 11.8 Å². The third-order valence-corrected chi connectivity index (χ3v) is 9.67. The van der Waals surface area contributed by atoms with Crippen LogP contribution in [0.1, 0.15) is 105 Å². The molecule has 2 amide bonds. The number of hydrogen-bond donors (Lipinski definition) is 2. The zero-order valence-electron chi connectivity index (χ0n) is 38.3. The predicted molar refractivity (Wildman–Crippen MR) is 252 cm³/mol. The Balaban J connectivity index is 0.000000282. The normalized spacial score (nSPS) is 15.0. The van der Waals surface area contributed by atoms with E-state index in [-0.39, 0.29) is 29.4 Å². The third kappa shape index (κ3) is 15.5. The van der Waals surface area contributed by atoms with Crippen LogP contribution < -0.4 is 29.6 Å². The van der Waals surface area contributed by atoms with E-state index in [0.29, 0.717) is 0 Å². The van der Waals surface area contributed by atoms with Gasteiger partial charge in [0.05, 0.1) is 25.0 Å². The van der Waals surface area contributed by atoms with Crippen LogP contribution in [0.3, 0.4) is 0 Å². The Bertz CT molecular complexity index is 1920. The van der Waals surface area contributed by atoms with Crippen LogP contribution in [0.25, 0.3) is 0 Å². The molecule has 0 saturated heterocycles. The molecular formula is C53H70N2O6. The van der Waals surface area contributed by atoms with Crippen molar-refractivity contribution < 1.29 is 28.5 Å². The number of benzene rings is 4. The lowest BCUT2D eigenvalue weighted by Crippen LogP contribution is -2.33. The largest absolute Gasteiger partial charge is 0.497 e. The molecule has 2 saturated carbocycles. The highest BCUT2D eigenvalue weighted by Gasteiger charge is 2.52. The van der Waals surface area contributed by atoms with Gasteiger partial charge in [0, 0.05) is 24.2 Å². The monoisotopic (exact) mass is 831 g/mol. The van der Waals surface area contributed by atoms with E-state index in [1.165, 1.54) is 0 Å². The highest BCUT2D eigenvalue weighted by atomic mass is 16.7. The van der Waals surface area contributed by atoms with Gasteiger partial charge in [-0.25, -0.2) is 0 Å². The van der Waals surface area contributed by atoms with Crippen LogP contribution in [0.15, 0.2) is 157 Å². The number of rotatable bonds is 8. The van der Waals surface area contributed by atoms with Gasteiger partial charge in [-0.2, -0.15) is 0 Å². The first-order valence-corrected chi connectivity index (χ1v) is 21.9. The smallest absolute Gasteiger partial charge is 0.234 e. The number of nitrogens with one attached hydrogen (secondary N) is 2. The van der Waals surface area contributed by atoms with Gasteiger partial charge in [-0.1, -0.05) is 152 Å². The molecule has 5 aliphatic rings. The zero-order chi connectivity index (χ0) is 44.9. The Morgan fingerprint density at radius 1 is 0.508 bits per heavy atom. The number of hydrogen-bond acceptors (Lipinski definition) is 6. The molecule has 0 unspecified atom stereocenters. The number of methoxy groups -OCH3 is 2. The fraction of sp³-hybridized carbons (Fsp3) is 0.358. The highest BCUT2D eigenvalue weighted by Crippen LogP contribution is 2.51. The maximum atomic E-state index is 12.5. The number of carbonyl (C=O) groups is 2. The molecule has 61 heavy (non-hydrogen) atoms. The van der Waals surface area contributed by atoms with Crippen molar-refractivity contribution in [2.75, 3.05) is 21.0 Å². The fourth-order valence-electron chi connectivity index (χ4n) is 6.22. The average Bonchev–Trinajstić information content (AvgIpc) is 4.13. The number of amides is 2. The molecule has 328 valence electrons. The molecule has 4 aromatic rings. The van der Waals surface area contributed by atoms with E-state index in [0.717, 1.165) is 84.0 Å². The summed E-state index contributed by atoms with van der Waals surface area (Å²) in [5, 5.41) is 6.08. The Hall–Kier alpha value is -6.02. The molecule has 2 N–H and O–H groups in total. The summed E-state index contributed by atoms with van der Waals surface area (Å²) >= 11 is 0. The van der Waals surface area contributed by atoms with Crippen molar-refractivity contribution in [3.8, 4) is 23.0 Å². The van der Waals surface area contributed by atoms with E-state index in [1.807, 2.05) is 195 Å². The standard InChI is InChI=1S/C16H15NO3.C15H15NO.2C7H8O.4C2H6/c18-15(17-12-3-1-2-4-12)16(7-8-16)11-5-6-13-14(9-11)20-10-19-13;17-14(16-13-8-4-5-9-13)15(10-11-15)12-6-2-1-3-7-12;2*1-8-7-5-3-2-4-6-7;4*1-2/h1-3,5-6,9H,4,7-8,10H2,(H,17,18);1-8H,9-11H2,(H,16,17);2*2-6H,1H3;4*1-2H3. The molecule has 8 heteroatoms. The Morgan fingerprint density at radius 3 is 1.26 bits per heavy atom. The Morgan fingerprint density at radius 2 is 0.902 bits per heavy atom. The van der Waals surface area contributed by atoms with Gasteiger partial charge in [0.1, 0.15) is 11.5 Å². The molecule has 0 spiro atoms. The van der Waals surface area contributed by atoms with Crippen molar-refractivity contribution in [3.05, 3.63) is 168 Å². The van der Waals surface area contributed by atoms with Gasteiger partial charge in [0.2, 0.25) is 18.6 Å². The highest BCUT2D eigenvalue weighted by molar-refractivity contribution is 5.93. The van der Waals surface area contributed by atoms with Crippen LogP contribution in [0.4, 0.5) is 0 Å². The molecule has 8 nitrogen and oxygen atoms in total. The van der Waals surface area contributed by atoms with Gasteiger partial charge in [-0.3, -0.25) is 9.59 Å². The first kappa shape index (κ1) is 51.1. The van der Waals surface area contributed by atoms with Crippen molar-refractivity contribution in [1.29, 1.82) is 0 Å². The first-order valence-electron chi connectivity index (χ1n) is 21.9. The van der Waals surface area contributed by atoms with Gasteiger partial charge in [-0.05, 0) is 85.4 Å². The minimum absolute atomic E-state index is 0.0892. The molecule has 0 aromatic heterocycles. The number of para-hydroxylation sites is 2. The zero-order valence-corrected chi connectivity index (χ0v) is 38.3. The number of ether oxygens (including phenoxy) is 4. The lowest BCUT2D eigenvalue weighted by molar-refractivity contribution is -0.123. The minimum atomic E-state index is -0.385. The van der Waals surface area contributed by atoms with Gasteiger partial charge >= 0.3 is 0 Å². The lowest BCUT2D eigenvalue weighted by atomic mass is 9.94. The topological polar surface area (TPSA) is 95.1 Å².